The summed E-state index contributed by atoms with van der Waals surface area (Å²) in [6, 6.07) is 1.79. The fourth-order valence-electron chi connectivity index (χ4n) is 4.48. The second-order valence-electron chi connectivity index (χ2n) is 8.98. The van der Waals surface area contributed by atoms with Gasteiger partial charge in [0.2, 0.25) is 5.91 Å². The van der Waals surface area contributed by atoms with E-state index >= 15 is 0 Å². The number of piperidine rings is 1. The van der Waals surface area contributed by atoms with Crippen LogP contribution in [0, 0.1) is 12.8 Å². The number of alkyl halides is 3. The number of Topliss-reactive ketones (excluding diaryl/α,β-unsaturated/α-hetero) is 1. The number of H-pyrrole nitrogens is 1. The Kier molecular flexibility index (Phi) is 6.77. The molecule has 4 rings (SSSR count). The van der Waals surface area contributed by atoms with Crippen molar-refractivity contribution in [3.63, 3.8) is 0 Å². The summed E-state index contributed by atoms with van der Waals surface area (Å²) in [5.41, 5.74) is -0.450. The lowest BCUT2D eigenvalue weighted by Crippen LogP contribution is -2.40. The van der Waals surface area contributed by atoms with E-state index in [1.165, 1.54) is 6.92 Å². The van der Waals surface area contributed by atoms with Crippen molar-refractivity contribution in [2.45, 2.75) is 45.2 Å². The van der Waals surface area contributed by atoms with Gasteiger partial charge in [-0.1, -0.05) is 0 Å². The van der Waals surface area contributed by atoms with Crippen molar-refractivity contribution in [3.8, 4) is 0 Å². The molecule has 1 saturated heterocycles. The number of ketones is 1. The van der Waals surface area contributed by atoms with E-state index in [4.69, 9.17) is 0 Å². The topological polar surface area (TPSA) is 101 Å². The Labute approximate surface area is 199 Å². The molecule has 1 aliphatic rings. The van der Waals surface area contributed by atoms with Crippen LogP contribution in [0.3, 0.4) is 0 Å². The summed E-state index contributed by atoms with van der Waals surface area (Å²) in [4.78, 5) is 46.2. The van der Waals surface area contributed by atoms with Crippen molar-refractivity contribution in [1.29, 1.82) is 0 Å². The Morgan fingerprint density at radius 1 is 1.20 bits per heavy atom. The van der Waals surface area contributed by atoms with E-state index in [0.29, 0.717) is 50.2 Å². The highest BCUT2D eigenvalue weighted by Gasteiger charge is 2.32. The highest BCUT2D eigenvalue weighted by Crippen LogP contribution is 2.32. The minimum Gasteiger partial charge on any atom is -0.343 e. The smallest absolute Gasteiger partial charge is 0.343 e. The fraction of sp³-hybridized carbons (Fsp3) is 0.458. The molecule has 2 aromatic heterocycles. The number of rotatable bonds is 6. The second kappa shape index (κ2) is 9.63. The van der Waals surface area contributed by atoms with Crippen molar-refractivity contribution in [3.05, 3.63) is 57.4 Å². The van der Waals surface area contributed by atoms with E-state index in [2.05, 4.69) is 15.1 Å². The van der Waals surface area contributed by atoms with E-state index < -0.39 is 17.3 Å². The zero-order chi connectivity index (χ0) is 25.3. The van der Waals surface area contributed by atoms with Gasteiger partial charge in [-0.2, -0.15) is 18.3 Å². The lowest BCUT2D eigenvalue weighted by atomic mass is 9.90. The van der Waals surface area contributed by atoms with Crippen molar-refractivity contribution in [1.82, 2.24) is 24.6 Å². The molecule has 1 N–H and O–H groups in total. The zero-order valence-corrected chi connectivity index (χ0v) is 19.5. The number of nitrogens with one attached hydrogen (secondary N) is 1. The Bertz CT molecular complexity index is 1320. The summed E-state index contributed by atoms with van der Waals surface area (Å²) >= 11 is 0. The van der Waals surface area contributed by atoms with Crippen LogP contribution in [0.25, 0.3) is 10.9 Å². The Morgan fingerprint density at radius 2 is 1.91 bits per heavy atom. The number of carbonyl (C=O) groups is 2. The summed E-state index contributed by atoms with van der Waals surface area (Å²) in [6.45, 7) is 2.49. The van der Waals surface area contributed by atoms with E-state index in [1.54, 1.807) is 29.0 Å². The van der Waals surface area contributed by atoms with Crippen LogP contribution in [-0.4, -0.2) is 49.4 Å². The molecule has 0 unspecified atom stereocenters. The first kappa shape index (κ1) is 24.6. The summed E-state index contributed by atoms with van der Waals surface area (Å²) in [7, 11) is 1.76. The minimum absolute atomic E-state index is 0.0357. The van der Waals surface area contributed by atoms with Crippen molar-refractivity contribution >= 4 is 22.6 Å². The zero-order valence-electron chi connectivity index (χ0n) is 19.5. The van der Waals surface area contributed by atoms with Crippen LogP contribution in [0.15, 0.2) is 29.3 Å². The molecule has 8 nitrogen and oxygen atoms in total. The fourth-order valence-corrected chi connectivity index (χ4v) is 4.48. The van der Waals surface area contributed by atoms with E-state index in [1.807, 2.05) is 0 Å². The third-order valence-corrected chi connectivity index (χ3v) is 6.39. The van der Waals surface area contributed by atoms with Crippen LogP contribution in [0.2, 0.25) is 0 Å². The molecule has 1 amide bonds. The first-order valence-electron chi connectivity index (χ1n) is 11.4. The summed E-state index contributed by atoms with van der Waals surface area (Å²) in [5.74, 6) is 0.218. The third kappa shape index (κ3) is 5.44. The van der Waals surface area contributed by atoms with Gasteiger partial charge in [-0.25, -0.2) is 4.98 Å². The number of halogens is 3. The summed E-state index contributed by atoms with van der Waals surface area (Å²) < 4.78 is 40.7. The second-order valence-corrected chi connectivity index (χ2v) is 8.98. The molecule has 1 aliphatic heterocycles. The number of aryl methyl sites for hydroxylation is 3. The van der Waals surface area contributed by atoms with E-state index in [0.717, 1.165) is 12.1 Å². The Hall–Kier alpha value is -3.50. The van der Waals surface area contributed by atoms with Crippen LogP contribution >= 0.6 is 0 Å². The molecule has 0 saturated carbocycles. The van der Waals surface area contributed by atoms with Gasteiger partial charge in [0.05, 0.1) is 28.2 Å². The van der Waals surface area contributed by atoms with Gasteiger partial charge in [-0.05, 0) is 43.9 Å². The SMILES string of the molecule is Cc1cc(C(F)(F)F)cc2c(=O)[nH]c(CCCC(=O)N3CCC(C(=O)c4cnn(C)c4)CC3)nc12. The number of hydrogen-bond donors (Lipinski definition) is 1. The maximum absolute atomic E-state index is 13.1. The van der Waals surface area contributed by atoms with Crippen molar-refractivity contribution in [2.75, 3.05) is 13.1 Å². The van der Waals surface area contributed by atoms with Crippen LogP contribution < -0.4 is 5.56 Å². The standard InChI is InChI=1S/C24H26F3N5O3/c1-14-10-17(24(25,26)27)11-18-21(14)29-19(30-23(18)35)4-3-5-20(33)32-8-6-15(7-9-32)22(34)16-12-28-31(2)13-16/h10-13,15H,3-9H2,1-2H3,(H,29,30,35). The van der Waals surface area contributed by atoms with Gasteiger partial charge >= 0.3 is 6.18 Å². The van der Waals surface area contributed by atoms with Gasteiger partial charge < -0.3 is 9.88 Å². The molecule has 3 heterocycles. The average molecular weight is 489 g/mol. The highest BCUT2D eigenvalue weighted by atomic mass is 19.4. The predicted octanol–water partition coefficient (Wildman–Crippen LogP) is 3.43. The largest absolute Gasteiger partial charge is 0.416 e. The third-order valence-electron chi connectivity index (χ3n) is 6.39. The van der Waals surface area contributed by atoms with Crippen LogP contribution in [0.1, 0.15) is 53.0 Å². The van der Waals surface area contributed by atoms with Gasteiger partial charge in [0.15, 0.2) is 5.78 Å². The van der Waals surface area contributed by atoms with Crippen LogP contribution in [0.5, 0.6) is 0 Å². The minimum atomic E-state index is -4.55. The first-order valence-corrected chi connectivity index (χ1v) is 11.4. The monoisotopic (exact) mass is 489 g/mol. The molecule has 1 aromatic carbocycles. The number of nitrogens with zero attached hydrogens (tertiary/aromatic N) is 4. The molecule has 0 spiro atoms. The number of fused-ring (bicyclic) bond motifs is 1. The number of carbonyl (C=O) groups excluding carboxylic acids is 2. The number of aromatic amines is 1. The van der Waals surface area contributed by atoms with Crippen molar-refractivity contribution < 1.29 is 22.8 Å². The summed E-state index contributed by atoms with van der Waals surface area (Å²) in [5, 5.41) is 3.92. The lowest BCUT2D eigenvalue weighted by molar-refractivity contribution is -0.137. The number of benzene rings is 1. The van der Waals surface area contributed by atoms with Gasteiger partial charge in [0, 0.05) is 45.1 Å². The molecule has 0 atom stereocenters. The van der Waals surface area contributed by atoms with E-state index in [-0.39, 0.29) is 40.5 Å². The molecule has 35 heavy (non-hydrogen) atoms. The first-order chi connectivity index (χ1) is 16.5. The maximum atomic E-state index is 13.1. The molecule has 0 radical (unpaired) electrons. The van der Waals surface area contributed by atoms with E-state index in [9.17, 15) is 27.6 Å². The van der Waals surface area contributed by atoms with Gasteiger partial charge in [0.25, 0.3) is 5.56 Å². The Morgan fingerprint density at radius 3 is 2.54 bits per heavy atom. The molecule has 11 heteroatoms. The molecule has 186 valence electrons. The summed E-state index contributed by atoms with van der Waals surface area (Å²) in [6.07, 6.45) is 0.884. The van der Waals surface area contributed by atoms with Gasteiger partial charge in [0.1, 0.15) is 5.82 Å². The van der Waals surface area contributed by atoms with Gasteiger partial charge in [-0.15, -0.1) is 0 Å². The van der Waals surface area contributed by atoms with Crippen molar-refractivity contribution in [2.24, 2.45) is 13.0 Å². The molecular weight excluding hydrogens is 463 g/mol. The normalized spacial score (nSPS) is 15.1. The predicted molar refractivity (Wildman–Crippen MR) is 122 cm³/mol. The molecular formula is C24H26F3N5O3. The Balaban J connectivity index is 1.32. The molecule has 1 fully saturated rings. The quantitative estimate of drug-likeness (QED) is 0.535. The average Bonchev–Trinajstić information content (AvgIpc) is 3.25. The maximum Gasteiger partial charge on any atom is 0.416 e. The molecule has 0 aliphatic carbocycles. The van der Waals surface area contributed by atoms with Gasteiger partial charge in [-0.3, -0.25) is 19.1 Å². The number of likely N-dealkylation sites (tertiary alicyclic amines) is 1. The number of hydrogen-bond acceptors (Lipinski definition) is 5. The number of aromatic nitrogens is 4. The highest BCUT2D eigenvalue weighted by molar-refractivity contribution is 5.97. The van der Waals surface area contributed by atoms with Crippen LogP contribution in [-0.2, 0) is 24.4 Å². The van der Waals surface area contributed by atoms with Crippen LogP contribution in [0.4, 0.5) is 13.2 Å². The molecule has 3 aromatic rings. The molecule has 0 bridgehead atoms. The number of amides is 1. The lowest BCUT2D eigenvalue weighted by Gasteiger charge is -2.31.